The van der Waals surface area contributed by atoms with E-state index >= 15 is 0 Å². The van der Waals surface area contributed by atoms with E-state index in [1.807, 2.05) is 18.2 Å². The minimum Gasteiger partial charge on any atom is -0.374 e. The summed E-state index contributed by atoms with van der Waals surface area (Å²) in [6.45, 7) is 0.665. The highest BCUT2D eigenvalue weighted by molar-refractivity contribution is 5.49. The number of carbonyl (C=O) groups excluding carboxylic acids is 2. The predicted molar refractivity (Wildman–Crippen MR) is 97.9 cm³/mol. The van der Waals surface area contributed by atoms with Gasteiger partial charge in [-0.1, -0.05) is 62.4 Å². The molecule has 0 heterocycles. The number of hydrogen-bond donors (Lipinski definition) is 0. The third-order valence-electron chi connectivity index (χ3n) is 4.27. The molecule has 1 rings (SSSR count). The molecular formula is C21H32O3. The zero-order valence-corrected chi connectivity index (χ0v) is 14.8. The van der Waals surface area contributed by atoms with Gasteiger partial charge in [-0.3, -0.25) is 0 Å². The summed E-state index contributed by atoms with van der Waals surface area (Å²) in [5.74, 6) is 0. The Morgan fingerprint density at radius 2 is 1.29 bits per heavy atom. The standard InChI is InChI=1S/C21H32O3/c22-17-11-4-2-1-3-9-15-21(16-10-6-12-18-23)24-19-20-13-7-5-8-14-20/h5,7-8,13-14,17-18,21H,1-4,6,9-12,15-16,19H2. The number of benzene rings is 1. The summed E-state index contributed by atoms with van der Waals surface area (Å²) >= 11 is 0. The highest BCUT2D eigenvalue weighted by Crippen LogP contribution is 2.17. The van der Waals surface area contributed by atoms with E-state index in [1.54, 1.807) is 0 Å². The van der Waals surface area contributed by atoms with Crippen molar-refractivity contribution in [3.05, 3.63) is 35.9 Å². The van der Waals surface area contributed by atoms with Crippen molar-refractivity contribution in [1.29, 1.82) is 0 Å². The van der Waals surface area contributed by atoms with Gasteiger partial charge in [-0.2, -0.15) is 0 Å². The fraction of sp³-hybridized carbons (Fsp3) is 0.619. The lowest BCUT2D eigenvalue weighted by molar-refractivity contribution is -0.108. The van der Waals surface area contributed by atoms with Crippen molar-refractivity contribution < 1.29 is 14.3 Å². The van der Waals surface area contributed by atoms with Gasteiger partial charge in [0.05, 0.1) is 12.7 Å². The Labute approximate surface area is 146 Å². The van der Waals surface area contributed by atoms with Crippen LogP contribution in [0.5, 0.6) is 0 Å². The van der Waals surface area contributed by atoms with Crippen LogP contribution in [0.15, 0.2) is 30.3 Å². The highest BCUT2D eigenvalue weighted by Gasteiger charge is 2.09. The third kappa shape index (κ3) is 11.1. The maximum Gasteiger partial charge on any atom is 0.119 e. The fourth-order valence-corrected chi connectivity index (χ4v) is 2.83. The van der Waals surface area contributed by atoms with Gasteiger partial charge in [-0.25, -0.2) is 0 Å². The Morgan fingerprint density at radius 1 is 0.750 bits per heavy atom. The highest BCUT2D eigenvalue weighted by atomic mass is 16.5. The Morgan fingerprint density at radius 3 is 1.96 bits per heavy atom. The van der Waals surface area contributed by atoms with Gasteiger partial charge in [0.2, 0.25) is 0 Å². The molecule has 0 radical (unpaired) electrons. The monoisotopic (exact) mass is 332 g/mol. The number of carbonyl (C=O) groups is 2. The Hall–Kier alpha value is -1.48. The second-order valence-corrected chi connectivity index (χ2v) is 6.38. The number of unbranched alkanes of at least 4 members (excludes halogenated alkanes) is 7. The van der Waals surface area contributed by atoms with Crippen LogP contribution in [0.1, 0.15) is 76.2 Å². The van der Waals surface area contributed by atoms with Crippen LogP contribution in [-0.2, 0) is 20.9 Å². The van der Waals surface area contributed by atoms with Crippen LogP contribution < -0.4 is 0 Å². The van der Waals surface area contributed by atoms with Crippen molar-refractivity contribution in [1.82, 2.24) is 0 Å². The predicted octanol–water partition coefficient (Wildman–Crippen LogP) is 5.26. The molecule has 0 aromatic heterocycles. The van der Waals surface area contributed by atoms with Crippen molar-refractivity contribution in [3.8, 4) is 0 Å². The molecule has 0 N–H and O–H groups in total. The molecule has 0 aliphatic rings. The molecule has 1 unspecified atom stereocenters. The Kier molecular flexibility index (Phi) is 12.9. The quantitative estimate of drug-likeness (QED) is 0.306. The summed E-state index contributed by atoms with van der Waals surface area (Å²) in [6, 6.07) is 10.3. The SMILES string of the molecule is O=CCCCCCCCC(CCCCC=O)OCc1ccccc1. The van der Waals surface area contributed by atoms with Crippen LogP contribution in [0, 0.1) is 0 Å². The molecule has 3 nitrogen and oxygen atoms in total. The minimum absolute atomic E-state index is 0.284. The number of aldehydes is 2. The second-order valence-electron chi connectivity index (χ2n) is 6.38. The van der Waals surface area contributed by atoms with E-state index in [-0.39, 0.29) is 6.10 Å². The maximum absolute atomic E-state index is 10.4. The van der Waals surface area contributed by atoms with Crippen molar-refractivity contribution in [3.63, 3.8) is 0 Å². The van der Waals surface area contributed by atoms with Gasteiger partial charge in [0.1, 0.15) is 12.6 Å². The van der Waals surface area contributed by atoms with Crippen LogP contribution >= 0.6 is 0 Å². The van der Waals surface area contributed by atoms with E-state index in [0.29, 0.717) is 19.4 Å². The lowest BCUT2D eigenvalue weighted by atomic mass is 10.0. The van der Waals surface area contributed by atoms with Crippen LogP contribution in [0.3, 0.4) is 0 Å². The van der Waals surface area contributed by atoms with Crippen LogP contribution in [-0.4, -0.2) is 18.7 Å². The van der Waals surface area contributed by atoms with E-state index in [1.165, 1.54) is 24.8 Å². The molecule has 134 valence electrons. The van der Waals surface area contributed by atoms with Gasteiger partial charge in [-0.15, -0.1) is 0 Å². The Bertz CT molecular complexity index is 416. The number of ether oxygens (including phenoxy) is 1. The van der Waals surface area contributed by atoms with Gasteiger partial charge in [0.15, 0.2) is 0 Å². The van der Waals surface area contributed by atoms with E-state index in [2.05, 4.69) is 12.1 Å². The van der Waals surface area contributed by atoms with Gasteiger partial charge >= 0.3 is 0 Å². The minimum atomic E-state index is 0.284. The topological polar surface area (TPSA) is 43.4 Å². The average Bonchev–Trinajstić information content (AvgIpc) is 2.62. The molecule has 3 heteroatoms. The summed E-state index contributed by atoms with van der Waals surface area (Å²) in [5.41, 5.74) is 1.21. The molecule has 0 spiro atoms. The smallest absolute Gasteiger partial charge is 0.119 e. The van der Waals surface area contributed by atoms with E-state index in [9.17, 15) is 9.59 Å². The van der Waals surface area contributed by atoms with Crippen LogP contribution in [0.25, 0.3) is 0 Å². The molecule has 1 aromatic carbocycles. The fourth-order valence-electron chi connectivity index (χ4n) is 2.83. The van der Waals surface area contributed by atoms with Gasteiger partial charge in [0.25, 0.3) is 0 Å². The first kappa shape index (κ1) is 20.6. The first-order valence-corrected chi connectivity index (χ1v) is 9.39. The summed E-state index contributed by atoms with van der Waals surface area (Å²) < 4.78 is 6.12. The summed E-state index contributed by atoms with van der Waals surface area (Å²) in [4.78, 5) is 20.7. The maximum atomic E-state index is 10.4. The zero-order chi connectivity index (χ0) is 17.3. The molecule has 0 bridgehead atoms. The second kappa shape index (κ2) is 15.1. The zero-order valence-electron chi connectivity index (χ0n) is 14.8. The molecule has 0 fully saturated rings. The molecule has 0 saturated heterocycles. The van der Waals surface area contributed by atoms with E-state index < -0.39 is 0 Å². The third-order valence-corrected chi connectivity index (χ3v) is 4.27. The van der Waals surface area contributed by atoms with Crippen LogP contribution in [0.4, 0.5) is 0 Å². The lowest BCUT2D eigenvalue weighted by Gasteiger charge is -2.18. The van der Waals surface area contributed by atoms with Gasteiger partial charge < -0.3 is 14.3 Å². The van der Waals surface area contributed by atoms with Gasteiger partial charge in [-0.05, 0) is 31.2 Å². The molecule has 0 saturated carbocycles. The molecule has 1 aromatic rings. The summed E-state index contributed by atoms with van der Waals surface area (Å²) in [7, 11) is 0. The van der Waals surface area contributed by atoms with Crippen LogP contribution in [0.2, 0.25) is 0 Å². The van der Waals surface area contributed by atoms with E-state index in [4.69, 9.17) is 4.74 Å². The first-order valence-electron chi connectivity index (χ1n) is 9.39. The molecule has 0 aliphatic heterocycles. The molecule has 0 aliphatic carbocycles. The molecule has 1 atom stereocenters. The normalized spacial score (nSPS) is 12.0. The number of hydrogen-bond acceptors (Lipinski definition) is 3. The Balaban J connectivity index is 2.23. The largest absolute Gasteiger partial charge is 0.374 e. The average molecular weight is 332 g/mol. The van der Waals surface area contributed by atoms with Crippen molar-refractivity contribution in [2.24, 2.45) is 0 Å². The molecule has 0 amide bonds. The lowest BCUT2D eigenvalue weighted by Crippen LogP contribution is -2.13. The van der Waals surface area contributed by atoms with Crippen molar-refractivity contribution in [2.45, 2.75) is 83.3 Å². The number of rotatable bonds is 16. The van der Waals surface area contributed by atoms with Crippen molar-refractivity contribution >= 4 is 12.6 Å². The summed E-state index contributed by atoms with van der Waals surface area (Å²) in [5, 5.41) is 0. The molecular weight excluding hydrogens is 300 g/mol. The van der Waals surface area contributed by atoms with Gasteiger partial charge in [0, 0.05) is 12.8 Å². The first-order chi connectivity index (χ1) is 11.9. The van der Waals surface area contributed by atoms with Crippen molar-refractivity contribution in [2.75, 3.05) is 0 Å². The van der Waals surface area contributed by atoms with E-state index in [0.717, 1.165) is 51.1 Å². The molecule has 24 heavy (non-hydrogen) atoms. The summed E-state index contributed by atoms with van der Waals surface area (Å²) in [6.07, 6.45) is 13.5.